The zero-order valence-corrected chi connectivity index (χ0v) is 10.4. The second kappa shape index (κ2) is 4.51. The van der Waals surface area contributed by atoms with Gasteiger partial charge in [-0.2, -0.15) is 13.2 Å². The van der Waals surface area contributed by atoms with Gasteiger partial charge >= 0.3 is 6.18 Å². The number of rotatable bonds is 1. The quantitative estimate of drug-likeness (QED) is 0.660. The van der Waals surface area contributed by atoms with Crippen molar-refractivity contribution in [1.29, 1.82) is 0 Å². The van der Waals surface area contributed by atoms with Gasteiger partial charge < -0.3 is 0 Å². The number of halogens is 3. The summed E-state index contributed by atoms with van der Waals surface area (Å²) >= 11 is 0. The van der Waals surface area contributed by atoms with Gasteiger partial charge in [-0.25, -0.2) is 0 Å². The molecule has 0 unspecified atom stereocenters. The Morgan fingerprint density at radius 3 is 2.12 bits per heavy atom. The fraction of sp³-hybridized carbons (Fsp3) is 0.462. The molecule has 0 spiro atoms. The van der Waals surface area contributed by atoms with E-state index < -0.39 is 11.7 Å². The van der Waals surface area contributed by atoms with Gasteiger partial charge in [-0.1, -0.05) is 26.8 Å². The van der Waals surface area contributed by atoms with E-state index in [-0.39, 0.29) is 5.41 Å². The van der Waals surface area contributed by atoms with E-state index in [1.807, 2.05) is 20.8 Å². The molecule has 1 rings (SSSR count). The van der Waals surface area contributed by atoms with Crippen LogP contribution in [-0.4, -0.2) is 13.3 Å². The van der Waals surface area contributed by atoms with E-state index in [9.17, 15) is 13.2 Å². The first-order valence-electron chi connectivity index (χ1n) is 5.30. The molecule has 0 saturated carbocycles. The van der Waals surface area contributed by atoms with Gasteiger partial charge in [0, 0.05) is 13.3 Å². The van der Waals surface area contributed by atoms with E-state index >= 15 is 0 Å². The van der Waals surface area contributed by atoms with Crippen LogP contribution in [0.5, 0.6) is 0 Å². The maximum atomic E-state index is 12.6. The van der Waals surface area contributed by atoms with Gasteiger partial charge in [0.25, 0.3) is 0 Å². The predicted molar refractivity (Wildman–Crippen MR) is 63.7 cm³/mol. The maximum absolute atomic E-state index is 12.6. The van der Waals surface area contributed by atoms with Crippen LogP contribution in [0, 0.1) is 0 Å². The van der Waals surface area contributed by atoms with Gasteiger partial charge in [0.05, 0.1) is 5.56 Å². The highest BCUT2D eigenvalue weighted by atomic mass is 19.4. The molecule has 4 heteroatoms. The smallest absolute Gasteiger partial charge is 0.296 e. The van der Waals surface area contributed by atoms with Crippen molar-refractivity contribution in [2.24, 2.45) is 4.99 Å². The third kappa shape index (κ3) is 3.32. The predicted octanol–water partition coefficient (Wildman–Crippen LogP) is 4.05. The zero-order valence-electron chi connectivity index (χ0n) is 10.4. The minimum atomic E-state index is -4.31. The topological polar surface area (TPSA) is 12.4 Å². The molecule has 1 aromatic rings. The molecule has 0 radical (unpaired) electrons. The summed E-state index contributed by atoms with van der Waals surface area (Å²) in [5.41, 5.74) is 0.534. The average Bonchev–Trinajstić information content (AvgIpc) is 2.15. The monoisotopic (exact) mass is 243 g/mol. The summed E-state index contributed by atoms with van der Waals surface area (Å²) in [5, 5.41) is 0. The van der Waals surface area contributed by atoms with Crippen molar-refractivity contribution in [2.75, 3.05) is 7.05 Å². The van der Waals surface area contributed by atoms with Crippen LogP contribution in [0.1, 0.15) is 37.5 Å². The number of nitrogens with zero attached hydrogens (tertiary/aromatic N) is 1. The highest BCUT2D eigenvalue weighted by Crippen LogP contribution is 2.33. The van der Waals surface area contributed by atoms with E-state index in [2.05, 4.69) is 4.99 Å². The normalized spacial score (nSPS) is 13.4. The Bertz CT molecular complexity index is 425. The molecule has 0 bridgehead atoms. The molecule has 1 aromatic carbocycles. The largest absolute Gasteiger partial charge is 0.416 e. The van der Waals surface area contributed by atoms with Gasteiger partial charge in [0.15, 0.2) is 0 Å². The number of hydrogen-bond acceptors (Lipinski definition) is 1. The number of hydrogen-bond donors (Lipinski definition) is 0. The summed E-state index contributed by atoms with van der Waals surface area (Å²) in [6, 6.07) is 3.79. The van der Waals surface area contributed by atoms with Gasteiger partial charge in [-0.05, 0) is 28.7 Å². The number of benzene rings is 1. The van der Waals surface area contributed by atoms with Gasteiger partial charge in [-0.3, -0.25) is 4.99 Å². The van der Waals surface area contributed by atoms with Crippen molar-refractivity contribution in [2.45, 2.75) is 32.4 Å². The lowest BCUT2D eigenvalue weighted by molar-refractivity contribution is -0.137. The molecule has 0 atom stereocenters. The van der Waals surface area contributed by atoms with Crippen LogP contribution in [0.15, 0.2) is 23.2 Å². The Morgan fingerprint density at radius 1 is 1.12 bits per heavy atom. The van der Waals surface area contributed by atoms with Crippen molar-refractivity contribution in [3.05, 3.63) is 34.9 Å². The van der Waals surface area contributed by atoms with E-state index in [0.29, 0.717) is 5.56 Å². The summed E-state index contributed by atoms with van der Waals surface area (Å²) in [6.07, 6.45) is -2.84. The number of aliphatic imine (C=N–C) groups is 1. The highest BCUT2D eigenvalue weighted by molar-refractivity contribution is 5.82. The molecule has 0 aliphatic heterocycles. The minimum Gasteiger partial charge on any atom is -0.296 e. The summed E-state index contributed by atoms with van der Waals surface area (Å²) in [4.78, 5) is 3.81. The third-order valence-corrected chi connectivity index (χ3v) is 2.46. The van der Waals surface area contributed by atoms with Crippen LogP contribution >= 0.6 is 0 Å². The lowest BCUT2D eigenvalue weighted by atomic mass is 9.83. The van der Waals surface area contributed by atoms with Crippen LogP contribution in [0.3, 0.4) is 0 Å². The molecule has 0 saturated heterocycles. The van der Waals surface area contributed by atoms with Gasteiger partial charge in [-0.15, -0.1) is 0 Å². The molecule has 1 nitrogen and oxygen atoms in total. The lowest BCUT2D eigenvalue weighted by Crippen LogP contribution is -2.16. The second-order valence-electron chi connectivity index (χ2n) is 4.94. The SMILES string of the molecule is C/N=C/c1cc(C(F)(F)F)ccc1C(C)(C)C. The van der Waals surface area contributed by atoms with E-state index in [1.165, 1.54) is 12.3 Å². The Labute approximate surface area is 99.4 Å². The second-order valence-corrected chi connectivity index (χ2v) is 4.94. The zero-order chi connectivity index (χ0) is 13.3. The minimum absolute atomic E-state index is 0.208. The molecule has 0 aromatic heterocycles. The summed E-state index contributed by atoms with van der Waals surface area (Å²) in [7, 11) is 1.55. The summed E-state index contributed by atoms with van der Waals surface area (Å²) in [5.74, 6) is 0. The lowest BCUT2D eigenvalue weighted by Gasteiger charge is -2.22. The molecule has 0 aliphatic rings. The molecule has 0 aliphatic carbocycles. The van der Waals surface area contributed by atoms with Crippen molar-refractivity contribution in [1.82, 2.24) is 0 Å². The summed E-state index contributed by atoms with van der Waals surface area (Å²) < 4.78 is 37.8. The van der Waals surface area contributed by atoms with Crippen LogP contribution in [0.2, 0.25) is 0 Å². The van der Waals surface area contributed by atoms with Crippen molar-refractivity contribution in [3.8, 4) is 0 Å². The molecule has 0 N–H and O–H groups in total. The van der Waals surface area contributed by atoms with Crippen molar-refractivity contribution in [3.63, 3.8) is 0 Å². The Balaban J connectivity index is 3.38. The van der Waals surface area contributed by atoms with Crippen LogP contribution < -0.4 is 0 Å². The first-order valence-corrected chi connectivity index (χ1v) is 5.30. The Morgan fingerprint density at radius 2 is 1.71 bits per heavy atom. The van der Waals surface area contributed by atoms with E-state index in [4.69, 9.17) is 0 Å². The third-order valence-electron chi connectivity index (χ3n) is 2.46. The first kappa shape index (κ1) is 13.7. The maximum Gasteiger partial charge on any atom is 0.416 e. The van der Waals surface area contributed by atoms with E-state index in [1.54, 1.807) is 7.05 Å². The van der Waals surface area contributed by atoms with Crippen molar-refractivity contribution < 1.29 is 13.2 Å². The standard InChI is InChI=1S/C13H16F3N/c1-12(2,3)11-6-5-10(13(14,15)16)7-9(11)8-17-4/h5-8H,1-4H3/b17-8+. The Hall–Kier alpha value is -1.32. The average molecular weight is 243 g/mol. The van der Waals surface area contributed by atoms with Crippen LogP contribution in [-0.2, 0) is 11.6 Å². The van der Waals surface area contributed by atoms with Crippen molar-refractivity contribution >= 4 is 6.21 Å². The van der Waals surface area contributed by atoms with Gasteiger partial charge in [0.2, 0.25) is 0 Å². The fourth-order valence-corrected chi connectivity index (χ4v) is 1.67. The fourth-order valence-electron chi connectivity index (χ4n) is 1.67. The van der Waals surface area contributed by atoms with Crippen LogP contribution in [0.4, 0.5) is 13.2 Å². The van der Waals surface area contributed by atoms with E-state index in [0.717, 1.165) is 17.7 Å². The first-order chi connectivity index (χ1) is 7.66. The molecule has 17 heavy (non-hydrogen) atoms. The molecule has 0 fully saturated rings. The van der Waals surface area contributed by atoms with Crippen LogP contribution in [0.25, 0.3) is 0 Å². The number of alkyl halides is 3. The van der Waals surface area contributed by atoms with Gasteiger partial charge in [0.1, 0.15) is 0 Å². The molecule has 94 valence electrons. The Kier molecular flexibility index (Phi) is 3.65. The molecule has 0 heterocycles. The molecular weight excluding hydrogens is 227 g/mol. The highest BCUT2D eigenvalue weighted by Gasteiger charge is 2.31. The summed E-state index contributed by atoms with van der Waals surface area (Å²) in [6.45, 7) is 5.88. The molecular formula is C13H16F3N. The molecule has 0 amide bonds.